The fraction of sp³-hybridized carbons (Fsp3) is 0.158. The number of ether oxygens (including phenoxy) is 1. The van der Waals surface area contributed by atoms with Crippen LogP contribution in [-0.2, 0) is 10.0 Å². The Kier molecular flexibility index (Phi) is 7.30. The van der Waals surface area contributed by atoms with E-state index in [2.05, 4.69) is 25.1 Å². The first-order chi connectivity index (χ1) is 15.7. The number of hydrogen-bond acceptors (Lipinski definition) is 7. The van der Waals surface area contributed by atoms with Crippen LogP contribution in [0.25, 0.3) is 10.9 Å². The molecule has 33 heavy (non-hydrogen) atoms. The standard InChI is InChI=1S/C19H17F2N5O6S/c20-18(21)32-16-7-6-15(14-5-2-8-22-17(14)16)25-19(27)23-9-10-24-33(30,31)13-4-1-3-12(11-13)26(28)29/h1-8,11,18,24H,9-10H2,(H2,23,25,27). The van der Waals surface area contributed by atoms with Gasteiger partial charge in [0.2, 0.25) is 10.0 Å². The molecule has 0 fully saturated rings. The highest BCUT2D eigenvalue weighted by Gasteiger charge is 2.17. The molecule has 0 radical (unpaired) electrons. The maximum Gasteiger partial charge on any atom is 0.387 e. The van der Waals surface area contributed by atoms with E-state index in [-0.39, 0.29) is 40.6 Å². The summed E-state index contributed by atoms with van der Waals surface area (Å²) in [5.74, 6) is -0.151. The Bertz CT molecular complexity index is 1290. The number of nitrogens with one attached hydrogen (secondary N) is 3. The second-order valence-electron chi connectivity index (χ2n) is 6.42. The zero-order valence-electron chi connectivity index (χ0n) is 16.7. The van der Waals surface area contributed by atoms with Gasteiger partial charge in [-0.2, -0.15) is 8.78 Å². The zero-order chi connectivity index (χ0) is 24.0. The van der Waals surface area contributed by atoms with E-state index in [1.807, 2.05) is 0 Å². The molecule has 2 amide bonds. The van der Waals surface area contributed by atoms with Gasteiger partial charge in [0, 0.05) is 36.8 Å². The second-order valence-corrected chi connectivity index (χ2v) is 8.19. The molecule has 3 N–H and O–H groups in total. The Morgan fingerprint density at radius 1 is 1.15 bits per heavy atom. The third-order valence-electron chi connectivity index (χ3n) is 4.24. The van der Waals surface area contributed by atoms with Gasteiger partial charge in [0.1, 0.15) is 5.52 Å². The minimum atomic E-state index is -4.03. The fourth-order valence-corrected chi connectivity index (χ4v) is 3.89. The molecule has 0 saturated carbocycles. The van der Waals surface area contributed by atoms with Crippen molar-refractivity contribution in [3.63, 3.8) is 0 Å². The summed E-state index contributed by atoms with van der Waals surface area (Å²) in [6.45, 7) is -3.34. The van der Waals surface area contributed by atoms with E-state index in [4.69, 9.17) is 0 Å². The number of fused-ring (bicyclic) bond motifs is 1. The maximum atomic E-state index is 12.6. The van der Waals surface area contributed by atoms with Crippen molar-refractivity contribution in [3.05, 3.63) is 64.8 Å². The van der Waals surface area contributed by atoms with Gasteiger partial charge in [0.05, 0.1) is 15.5 Å². The zero-order valence-corrected chi connectivity index (χ0v) is 17.5. The van der Waals surface area contributed by atoms with Gasteiger partial charge in [-0.05, 0) is 30.3 Å². The number of carbonyl (C=O) groups is 1. The van der Waals surface area contributed by atoms with Gasteiger partial charge in [0.15, 0.2) is 5.75 Å². The van der Waals surface area contributed by atoms with Crippen molar-refractivity contribution >= 4 is 38.3 Å². The first kappa shape index (κ1) is 23.7. The number of rotatable bonds is 9. The first-order valence-corrected chi connectivity index (χ1v) is 10.8. The molecule has 0 spiro atoms. The average Bonchev–Trinajstić information content (AvgIpc) is 2.78. The van der Waals surface area contributed by atoms with Crippen LogP contribution < -0.4 is 20.1 Å². The molecule has 0 aliphatic heterocycles. The maximum absolute atomic E-state index is 12.6. The highest BCUT2D eigenvalue weighted by Crippen LogP contribution is 2.30. The predicted octanol–water partition coefficient (Wildman–Crippen LogP) is 2.84. The van der Waals surface area contributed by atoms with Crippen LogP contribution in [0.3, 0.4) is 0 Å². The predicted molar refractivity (Wildman–Crippen MR) is 114 cm³/mol. The number of nitro groups is 1. The highest BCUT2D eigenvalue weighted by molar-refractivity contribution is 7.89. The van der Waals surface area contributed by atoms with E-state index in [1.54, 1.807) is 12.1 Å². The Morgan fingerprint density at radius 3 is 2.67 bits per heavy atom. The molecule has 0 atom stereocenters. The number of halogens is 2. The van der Waals surface area contributed by atoms with Crippen LogP contribution in [0.5, 0.6) is 5.75 Å². The number of aromatic nitrogens is 1. The number of urea groups is 1. The Hall–Kier alpha value is -3.91. The second kappa shape index (κ2) is 10.1. The van der Waals surface area contributed by atoms with E-state index < -0.39 is 27.6 Å². The number of nitrogens with zero attached hydrogens (tertiary/aromatic N) is 2. The van der Waals surface area contributed by atoms with Crippen molar-refractivity contribution in [1.82, 2.24) is 15.0 Å². The van der Waals surface area contributed by atoms with Gasteiger partial charge in [-0.3, -0.25) is 15.1 Å². The van der Waals surface area contributed by atoms with Gasteiger partial charge < -0.3 is 15.4 Å². The van der Waals surface area contributed by atoms with Gasteiger partial charge in [-0.15, -0.1) is 0 Å². The summed E-state index contributed by atoms with van der Waals surface area (Å²) >= 11 is 0. The van der Waals surface area contributed by atoms with Crippen LogP contribution >= 0.6 is 0 Å². The minimum absolute atomic E-state index is 0.108. The van der Waals surface area contributed by atoms with Crippen LogP contribution in [0.1, 0.15) is 0 Å². The number of carbonyl (C=O) groups excluding carboxylic acids is 1. The third kappa shape index (κ3) is 6.08. The van der Waals surface area contributed by atoms with Crippen LogP contribution in [0.15, 0.2) is 59.6 Å². The lowest BCUT2D eigenvalue weighted by Crippen LogP contribution is -2.36. The lowest BCUT2D eigenvalue weighted by atomic mass is 10.1. The number of pyridine rings is 1. The van der Waals surface area contributed by atoms with E-state index >= 15 is 0 Å². The molecule has 0 aliphatic rings. The first-order valence-electron chi connectivity index (χ1n) is 9.29. The number of sulfonamides is 1. The number of amides is 2. The molecule has 2 aromatic carbocycles. The van der Waals surface area contributed by atoms with Crippen molar-refractivity contribution in [1.29, 1.82) is 0 Å². The van der Waals surface area contributed by atoms with Crippen molar-refractivity contribution in [2.75, 3.05) is 18.4 Å². The van der Waals surface area contributed by atoms with E-state index in [0.717, 1.165) is 12.1 Å². The summed E-state index contributed by atoms with van der Waals surface area (Å²) in [5.41, 5.74) is 0.0248. The number of hydrogen-bond donors (Lipinski definition) is 3. The number of non-ortho nitro benzene ring substituents is 1. The van der Waals surface area contributed by atoms with Crippen molar-refractivity contribution in [2.45, 2.75) is 11.5 Å². The topological polar surface area (TPSA) is 153 Å². The van der Waals surface area contributed by atoms with E-state index in [9.17, 15) is 32.1 Å². The molecular formula is C19H17F2N5O6S. The van der Waals surface area contributed by atoms with E-state index in [1.165, 1.54) is 30.5 Å². The summed E-state index contributed by atoms with van der Waals surface area (Å²) in [7, 11) is -4.03. The Morgan fingerprint density at radius 2 is 1.94 bits per heavy atom. The van der Waals surface area contributed by atoms with Gasteiger partial charge >= 0.3 is 12.6 Å². The molecule has 0 saturated heterocycles. The lowest BCUT2D eigenvalue weighted by Gasteiger charge is -2.13. The SMILES string of the molecule is O=C(NCCNS(=O)(=O)c1cccc([N+](=O)[O-])c1)Nc1ccc(OC(F)F)c2ncccc12. The Balaban J connectivity index is 1.58. The average molecular weight is 481 g/mol. The Labute approximate surface area is 186 Å². The normalized spacial score (nSPS) is 11.4. The summed E-state index contributed by atoms with van der Waals surface area (Å²) < 4.78 is 56.3. The molecule has 11 nitrogen and oxygen atoms in total. The molecule has 3 rings (SSSR count). The molecule has 0 bridgehead atoms. The monoisotopic (exact) mass is 481 g/mol. The van der Waals surface area contributed by atoms with Crippen LogP contribution in [0, 0.1) is 10.1 Å². The quantitative estimate of drug-likeness (QED) is 0.241. The van der Waals surface area contributed by atoms with Crippen LogP contribution in [0.2, 0.25) is 0 Å². The summed E-state index contributed by atoms with van der Waals surface area (Å²) in [6, 6.07) is 9.57. The number of anilines is 1. The van der Waals surface area contributed by atoms with Crippen LogP contribution in [-0.4, -0.2) is 44.1 Å². The van der Waals surface area contributed by atoms with Crippen molar-refractivity contribution in [2.24, 2.45) is 0 Å². The molecule has 1 heterocycles. The molecule has 14 heteroatoms. The summed E-state index contributed by atoms with van der Waals surface area (Å²) in [5, 5.41) is 16.1. The number of nitro benzene ring substituents is 1. The number of benzene rings is 2. The molecule has 1 aromatic heterocycles. The highest BCUT2D eigenvalue weighted by atomic mass is 32.2. The molecule has 3 aromatic rings. The molecule has 0 unspecified atom stereocenters. The molecular weight excluding hydrogens is 464 g/mol. The van der Waals surface area contributed by atoms with Gasteiger partial charge in [0.25, 0.3) is 5.69 Å². The van der Waals surface area contributed by atoms with Crippen molar-refractivity contribution < 1.29 is 31.7 Å². The fourth-order valence-electron chi connectivity index (χ4n) is 2.82. The molecule has 174 valence electrons. The smallest absolute Gasteiger partial charge is 0.387 e. The van der Waals surface area contributed by atoms with Gasteiger partial charge in [-0.1, -0.05) is 6.07 Å². The number of alkyl halides is 2. The molecule has 0 aliphatic carbocycles. The minimum Gasteiger partial charge on any atom is -0.432 e. The summed E-state index contributed by atoms with van der Waals surface area (Å²) in [4.78, 5) is 26.0. The third-order valence-corrected chi connectivity index (χ3v) is 5.70. The largest absolute Gasteiger partial charge is 0.432 e. The van der Waals surface area contributed by atoms with E-state index in [0.29, 0.717) is 5.39 Å². The summed E-state index contributed by atoms with van der Waals surface area (Å²) in [6.07, 6.45) is 1.39. The van der Waals surface area contributed by atoms with Crippen molar-refractivity contribution in [3.8, 4) is 5.75 Å². The van der Waals surface area contributed by atoms with Crippen LogP contribution in [0.4, 0.5) is 25.0 Å². The van der Waals surface area contributed by atoms with Gasteiger partial charge in [-0.25, -0.2) is 17.9 Å². The lowest BCUT2D eigenvalue weighted by molar-refractivity contribution is -0.385.